The Balaban J connectivity index is 2.36. The Morgan fingerprint density at radius 1 is 0.800 bits per heavy atom. The monoisotopic (exact) mass is 732 g/mol. The highest BCUT2D eigenvalue weighted by Gasteiger charge is 2.39. The molecule has 0 heterocycles. The van der Waals surface area contributed by atoms with Crippen LogP contribution in [-0.2, 0) is 28.2 Å². The summed E-state index contributed by atoms with van der Waals surface area (Å²) in [6.07, 6.45) is 21.6. The van der Waals surface area contributed by atoms with Crippen LogP contribution in [-0.4, -0.2) is 74.7 Å². The van der Waals surface area contributed by atoms with Crippen molar-refractivity contribution in [2.75, 3.05) is 13.2 Å². The predicted molar refractivity (Wildman–Crippen MR) is 195 cm³/mol. The molecule has 0 aromatic rings. The number of carbonyl (C=O) groups is 2. The summed E-state index contributed by atoms with van der Waals surface area (Å²) >= 11 is 0. The van der Waals surface area contributed by atoms with E-state index in [0.29, 0.717) is 32.1 Å². The van der Waals surface area contributed by atoms with Crippen molar-refractivity contribution in [2.45, 2.75) is 174 Å². The fourth-order valence-electron chi connectivity index (χ4n) is 6.26. The number of phosphoric ester groups is 1. The van der Waals surface area contributed by atoms with E-state index in [-0.39, 0.29) is 37.7 Å². The molecule has 0 bridgehead atoms. The van der Waals surface area contributed by atoms with Gasteiger partial charge < -0.3 is 34.6 Å². The molecule has 1 rings (SSSR count). The van der Waals surface area contributed by atoms with Crippen molar-refractivity contribution in [2.24, 2.45) is 17.8 Å². The molecule has 0 aromatic heterocycles. The Morgan fingerprint density at radius 2 is 1.42 bits per heavy atom. The summed E-state index contributed by atoms with van der Waals surface area (Å²) in [5.41, 5.74) is 0. The second-order valence-corrected chi connectivity index (χ2v) is 15.6. The number of ether oxygens (including phenoxy) is 2. The van der Waals surface area contributed by atoms with Gasteiger partial charge in [0.05, 0.1) is 24.9 Å². The van der Waals surface area contributed by atoms with Crippen LogP contribution in [0.5, 0.6) is 0 Å². The first-order valence-corrected chi connectivity index (χ1v) is 20.8. The second kappa shape index (κ2) is 28.0. The van der Waals surface area contributed by atoms with Gasteiger partial charge in [-0.05, 0) is 43.9 Å². The third kappa shape index (κ3) is 24.6. The van der Waals surface area contributed by atoms with Gasteiger partial charge in [0.2, 0.25) is 0 Å². The van der Waals surface area contributed by atoms with E-state index in [2.05, 4.69) is 25.3 Å². The SMILES string of the molecule is CCCCC[C@H](O)/C=C/[C@@H]1[C@@H](C/C=C/CCCC(=O)O[C@H](COC(=O)CCCCCCCCCCCC(C)C)COP(=O)(O)O)[C@@H](O)C[C@H]1O. The lowest BCUT2D eigenvalue weighted by molar-refractivity contribution is -0.161. The molecule has 50 heavy (non-hydrogen) atoms. The number of allylic oxidation sites excluding steroid dienone is 2. The molecule has 0 radical (unpaired) electrons. The first-order chi connectivity index (χ1) is 23.8. The van der Waals surface area contributed by atoms with Crippen molar-refractivity contribution in [1.82, 2.24) is 0 Å². The first-order valence-electron chi connectivity index (χ1n) is 19.2. The van der Waals surface area contributed by atoms with Gasteiger partial charge in [0.25, 0.3) is 0 Å². The maximum atomic E-state index is 12.5. The summed E-state index contributed by atoms with van der Waals surface area (Å²) < 4.78 is 26.3. The highest BCUT2D eigenvalue weighted by atomic mass is 31.2. The van der Waals surface area contributed by atoms with Crippen molar-refractivity contribution in [1.29, 1.82) is 0 Å². The Kier molecular flexibility index (Phi) is 26.0. The zero-order valence-electron chi connectivity index (χ0n) is 31.0. The molecule has 0 amide bonds. The van der Waals surface area contributed by atoms with Gasteiger partial charge >= 0.3 is 19.8 Å². The largest absolute Gasteiger partial charge is 0.469 e. The molecule has 0 saturated heterocycles. The van der Waals surface area contributed by atoms with Gasteiger partial charge in [-0.3, -0.25) is 14.1 Å². The van der Waals surface area contributed by atoms with Crippen LogP contribution >= 0.6 is 7.82 Å². The minimum Gasteiger partial charge on any atom is -0.462 e. The number of carbonyl (C=O) groups excluding carboxylic acids is 2. The van der Waals surface area contributed by atoms with Crippen molar-refractivity contribution in [3.05, 3.63) is 24.3 Å². The van der Waals surface area contributed by atoms with E-state index in [9.17, 15) is 29.5 Å². The minimum atomic E-state index is -4.82. The van der Waals surface area contributed by atoms with Gasteiger partial charge in [0.1, 0.15) is 6.61 Å². The fraction of sp³-hybridized carbons (Fsp3) is 0.842. The molecule has 5 N–H and O–H groups in total. The van der Waals surface area contributed by atoms with E-state index in [1.165, 1.54) is 38.5 Å². The summed E-state index contributed by atoms with van der Waals surface area (Å²) in [4.78, 5) is 42.9. The van der Waals surface area contributed by atoms with Crippen LogP contribution < -0.4 is 0 Å². The molecule has 0 aromatic carbocycles. The third-order valence-electron chi connectivity index (χ3n) is 9.22. The van der Waals surface area contributed by atoms with Crippen molar-refractivity contribution >= 4 is 19.8 Å². The van der Waals surface area contributed by atoms with E-state index >= 15 is 0 Å². The molecule has 6 atom stereocenters. The maximum Gasteiger partial charge on any atom is 0.469 e. The zero-order chi connectivity index (χ0) is 37.2. The first kappa shape index (κ1) is 46.4. The van der Waals surface area contributed by atoms with E-state index in [0.717, 1.165) is 44.4 Å². The molecule has 11 nitrogen and oxygen atoms in total. The zero-order valence-corrected chi connectivity index (χ0v) is 31.9. The van der Waals surface area contributed by atoms with Gasteiger partial charge in [-0.1, -0.05) is 122 Å². The topological polar surface area (TPSA) is 180 Å². The summed E-state index contributed by atoms with van der Waals surface area (Å²) in [5, 5.41) is 31.1. The molecule has 12 heteroatoms. The second-order valence-electron chi connectivity index (χ2n) is 14.4. The van der Waals surface area contributed by atoms with Crippen LogP contribution in [0.4, 0.5) is 0 Å². The number of aliphatic hydroxyl groups excluding tert-OH is 3. The normalized spacial score (nSPS) is 21.0. The highest BCUT2D eigenvalue weighted by molar-refractivity contribution is 7.46. The highest BCUT2D eigenvalue weighted by Crippen LogP contribution is 2.37. The van der Waals surface area contributed by atoms with E-state index in [1.54, 1.807) is 6.08 Å². The van der Waals surface area contributed by atoms with Crippen LogP contribution in [0.1, 0.15) is 149 Å². The fourth-order valence-corrected chi connectivity index (χ4v) is 6.62. The number of hydrogen-bond donors (Lipinski definition) is 5. The summed E-state index contributed by atoms with van der Waals surface area (Å²) in [7, 11) is -4.82. The van der Waals surface area contributed by atoms with Gasteiger partial charge in [-0.25, -0.2) is 4.57 Å². The average Bonchev–Trinajstić information content (AvgIpc) is 3.32. The lowest BCUT2D eigenvalue weighted by atomic mass is 9.89. The standard InChI is InChI=1S/C38H69O11P/c1-4-5-15-21-31(39)25-26-34-33(35(40)27-36(34)41)22-17-13-14-19-24-38(43)49-32(29-48-50(44,45)46)28-47-37(42)23-18-12-10-8-6-7-9-11-16-20-30(2)3/h13,17,25-26,30-36,39-41H,4-12,14-16,18-24,27-29H2,1-3H3,(H2,44,45,46)/b17-13+,26-25+/t31-,32+,33+,34+,35-,36+/m0/s1. The molecule has 0 aliphatic heterocycles. The Morgan fingerprint density at radius 3 is 2.06 bits per heavy atom. The van der Waals surface area contributed by atoms with E-state index < -0.39 is 50.8 Å². The number of hydrogen-bond acceptors (Lipinski definition) is 9. The molecule has 1 fully saturated rings. The molecule has 1 aliphatic rings. The van der Waals surface area contributed by atoms with E-state index in [4.69, 9.17) is 19.3 Å². The van der Waals surface area contributed by atoms with E-state index in [1.807, 2.05) is 18.2 Å². The lowest BCUT2D eigenvalue weighted by Crippen LogP contribution is -2.29. The summed E-state index contributed by atoms with van der Waals surface area (Å²) in [5.74, 6) is -0.728. The number of rotatable bonds is 30. The van der Waals surface area contributed by atoms with Crippen LogP contribution in [0.15, 0.2) is 24.3 Å². The molecule has 0 unspecified atom stereocenters. The number of esters is 2. The van der Waals surface area contributed by atoms with Crippen LogP contribution in [0.3, 0.4) is 0 Å². The van der Waals surface area contributed by atoms with Crippen molar-refractivity contribution in [3.63, 3.8) is 0 Å². The molecular weight excluding hydrogens is 663 g/mol. The van der Waals surface area contributed by atoms with Crippen molar-refractivity contribution in [3.8, 4) is 0 Å². The Labute approximate surface area is 301 Å². The van der Waals surface area contributed by atoms with Gasteiger partial charge in [0.15, 0.2) is 6.10 Å². The quantitative estimate of drug-likeness (QED) is 0.0214. The minimum absolute atomic E-state index is 0.0364. The van der Waals surface area contributed by atoms with Gasteiger partial charge in [-0.2, -0.15) is 0 Å². The smallest absolute Gasteiger partial charge is 0.462 e. The predicted octanol–water partition coefficient (Wildman–Crippen LogP) is 7.47. The third-order valence-corrected chi connectivity index (χ3v) is 9.71. The molecule has 1 aliphatic carbocycles. The molecule has 0 spiro atoms. The molecule has 292 valence electrons. The van der Waals surface area contributed by atoms with Gasteiger partial charge in [0, 0.05) is 25.2 Å². The number of unbranched alkanes of at least 4 members (excludes halogenated alkanes) is 11. The van der Waals surface area contributed by atoms with Gasteiger partial charge in [-0.15, -0.1) is 0 Å². The average molecular weight is 733 g/mol. The number of phosphoric acid groups is 1. The maximum absolute atomic E-state index is 12.5. The van der Waals surface area contributed by atoms with Crippen molar-refractivity contribution < 1.29 is 53.3 Å². The molecule has 1 saturated carbocycles. The summed E-state index contributed by atoms with van der Waals surface area (Å²) in [6.45, 7) is 5.65. The van der Waals surface area contributed by atoms with Crippen LogP contribution in [0, 0.1) is 17.8 Å². The summed E-state index contributed by atoms with van der Waals surface area (Å²) in [6, 6.07) is 0. The van der Waals surface area contributed by atoms with Crippen LogP contribution in [0.2, 0.25) is 0 Å². The Bertz CT molecular complexity index is 995. The lowest BCUT2D eigenvalue weighted by Gasteiger charge is -2.19. The number of aliphatic hydroxyl groups is 3. The van der Waals surface area contributed by atoms with Crippen LogP contribution in [0.25, 0.3) is 0 Å². The molecular formula is C38H69O11P. The Hall–Kier alpha value is -1.59.